The van der Waals surface area contributed by atoms with Gasteiger partial charge in [0.1, 0.15) is 17.7 Å². The van der Waals surface area contributed by atoms with Gasteiger partial charge in [-0.1, -0.05) is 15.9 Å². The summed E-state index contributed by atoms with van der Waals surface area (Å²) in [7, 11) is 0. The van der Waals surface area contributed by atoms with Crippen molar-refractivity contribution in [2.24, 2.45) is 0 Å². The van der Waals surface area contributed by atoms with E-state index >= 15 is 0 Å². The molecule has 0 aliphatic heterocycles. The fraction of sp³-hybridized carbons (Fsp3) is 0.455. The molecule has 16 heavy (non-hydrogen) atoms. The first-order valence-electron chi connectivity index (χ1n) is 4.94. The third-order valence-electron chi connectivity index (χ3n) is 2.12. The molecule has 0 amide bonds. The molecular formula is C11H14BrFO3. The Morgan fingerprint density at radius 1 is 1.44 bits per heavy atom. The molecule has 1 aromatic rings. The maximum absolute atomic E-state index is 13.6. The Kier molecular flexibility index (Phi) is 5.18. The van der Waals surface area contributed by atoms with Crippen LogP contribution in [0.2, 0.25) is 0 Å². The van der Waals surface area contributed by atoms with Crippen molar-refractivity contribution in [2.75, 3.05) is 11.9 Å². The molecule has 1 rings (SSSR count). The molecule has 0 spiro atoms. The first kappa shape index (κ1) is 13.4. The molecule has 0 saturated carbocycles. The first-order chi connectivity index (χ1) is 7.60. The van der Waals surface area contributed by atoms with Crippen molar-refractivity contribution in [3.05, 3.63) is 29.6 Å². The van der Waals surface area contributed by atoms with Crippen LogP contribution in [-0.2, 0) is 0 Å². The Bertz CT molecular complexity index is 346. The fourth-order valence-electron chi connectivity index (χ4n) is 1.30. The number of aliphatic hydroxyl groups is 2. The molecule has 0 aliphatic rings. The van der Waals surface area contributed by atoms with Gasteiger partial charge in [0.05, 0.1) is 12.7 Å². The summed E-state index contributed by atoms with van der Waals surface area (Å²) in [6, 6.07) is 4.17. The number of rotatable bonds is 5. The summed E-state index contributed by atoms with van der Waals surface area (Å²) in [6.07, 6.45) is -2.28. The number of halogens is 2. The smallest absolute Gasteiger partial charge is 0.132 e. The Labute approximate surface area is 102 Å². The molecule has 0 radical (unpaired) electrons. The van der Waals surface area contributed by atoms with Crippen LogP contribution in [0.3, 0.4) is 0 Å². The lowest BCUT2D eigenvalue weighted by Gasteiger charge is -2.17. The van der Waals surface area contributed by atoms with Gasteiger partial charge in [-0.25, -0.2) is 4.39 Å². The minimum Gasteiger partial charge on any atom is -0.494 e. The Morgan fingerprint density at radius 2 is 2.12 bits per heavy atom. The molecule has 90 valence electrons. The third-order valence-corrected chi connectivity index (χ3v) is 2.79. The Balaban J connectivity index is 2.89. The van der Waals surface area contributed by atoms with Crippen molar-refractivity contribution in [3.63, 3.8) is 0 Å². The quantitative estimate of drug-likeness (QED) is 0.817. The highest BCUT2D eigenvalue weighted by Gasteiger charge is 2.20. The molecule has 2 unspecified atom stereocenters. The standard InChI is InChI=1S/C11H14BrFO3/c1-2-16-7-3-4-8(9(13)5-7)11(15)10(14)6-12/h3-5,10-11,14-15H,2,6H2,1H3. The molecule has 0 heterocycles. The summed E-state index contributed by atoms with van der Waals surface area (Å²) in [5, 5.41) is 19.2. The van der Waals surface area contributed by atoms with Gasteiger partial charge in [-0.15, -0.1) is 0 Å². The van der Waals surface area contributed by atoms with Gasteiger partial charge in [0, 0.05) is 17.0 Å². The molecule has 2 N–H and O–H groups in total. The Morgan fingerprint density at radius 3 is 2.62 bits per heavy atom. The molecule has 5 heteroatoms. The molecule has 0 bridgehead atoms. The van der Waals surface area contributed by atoms with Gasteiger partial charge >= 0.3 is 0 Å². The van der Waals surface area contributed by atoms with Gasteiger partial charge in [0.25, 0.3) is 0 Å². The average Bonchev–Trinajstić information content (AvgIpc) is 2.28. The van der Waals surface area contributed by atoms with E-state index in [0.29, 0.717) is 12.4 Å². The third kappa shape index (κ3) is 3.17. The minimum absolute atomic E-state index is 0.0652. The monoisotopic (exact) mass is 292 g/mol. The van der Waals surface area contributed by atoms with Crippen molar-refractivity contribution < 1.29 is 19.3 Å². The molecule has 0 saturated heterocycles. The summed E-state index contributed by atoms with van der Waals surface area (Å²) in [5.41, 5.74) is 0.0652. The highest BCUT2D eigenvalue weighted by Crippen LogP contribution is 2.24. The van der Waals surface area contributed by atoms with E-state index in [0.717, 1.165) is 0 Å². The van der Waals surface area contributed by atoms with E-state index in [1.54, 1.807) is 13.0 Å². The fourth-order valence-corrected chi connectivity index (χ4v) is 1.65. The summed E-state index contributed by atoms with van der Waals surface area (Å²) < 4.78 is 18.7. The number of alkyl halides is 1. The number of aliphatic hydroxyl groups excluding tert-OH is 2. The van der Waals surface area contributed by atoms with Crippen LogP contribution in [0.5, 0.6) is 5.75 Å². The van der Waals surface area contributed by atoms with Crippen molar-refractivity contribution in [2.45, 2.75) is 19.1 Å². The van der Waals surface area contributed by atoms with E-state index in [1.165, 1.54) is 12.1 Å². The highest BCUT2D eigenvalue weighted by molar-refractivity contribution is 9.09. The summed E-state index contributed by atoms with van der Waals surface area (Å²) in [4.78, 5) is 0. The van der Waals surface area contributed by atoms with Gasteiger partial charge in [-0.3, -0.25) is 0 Å². The lowest BCUT2D eigenvalue weighted by atomic mass is 10.0. The molecule has 0 aliphatic carbocycles. The van der Waals surface area contributed by atoms with E-state index in [1.807, 2.05) is 0 Å². The lowest BCUT2D eigenvalue weighted by molar-refractivity contribution is 0.0319. The molecule has 1 aromatic carbocycles. The minimum atomic E-state index is -1.24. The summed E-state index contributed by atoms with van der Waals surface area (Å²) in [5.74, 6) is -0.178. The second kappa shape index (κ2) is 6.18. The zero-order valence-corrected chi connectivity index (χ0v) is 10.4. The van der Waals surface area contributed by atoms with E-state index in [2.05, 4.69) is 15.9 Å². The van der Waals surface area contributed by atoms with E-state index in [9.17, 15) is 14.6 Å². The predicted octanol–water partition coefficient (Wildman–Crippen LogP) is 2.01. The van der Waals surface area contributed by atoms with Crippen LogP contribution in [0.25, 0.3) is 0 Å². The van der Waals surface area contributed by atoms with Crippen LogP contribution in [0.15, 0.2) is 18.2 Å². The molecule has 3 nitrogen and oxygen atoms in total. The van der Waals surface area contributed by atoms with Gasteiger partial charge in [-0.2, -0.15) is 0 Å². The van der Waals surface area contributed by atoms with Crippen LogP contribution >= 0.6 is 15.9 Å². The van der Waals surface area contributed by atoms with Gasteiger partial charge in [0.15, 0.2) is 0 Å². The van der Waals surface area contributed by atoms with Crippen molar-refractivity contribution in [3.8, 4) is 5.75 Å². The van der Waals surface area contributed by atoms with Crippen molar-refractivity contribution >= 4 is 15.9 Å². The Hall–Kier alpha value is -0.650. The van der Waals surface area contributed by atoms with Gasteiger partial charge in [0.2, 0.25) is 0 Å². The number of hydrogen-bond acceptors (Lipinski definition) is 3. The van der Waals surface area contributed by atoms with Gasteiger partial charge in [-0.05, 0) is 19.1 Å². The van der Waals surface area contributed by atoms with Crippen LogP contribution in [-0.4, -0.2) is 28.3 Å². The number of hydrogen-bond donors (Lipinski definition) is 2. The number of benzene rings is 1. The second-order valence-corrected chi connectivity index (χ2v) is 3.93. The molecule has 0 aromatic heterocycles. The maximum atomic E-state index is 13.6. The van der Waals surface area contributed by atoms with Crippen LogP contribution < -0.4 is 4.74 Å². The first-order valence-corrected chi connectivity index (χ1v) is 6.06. The zero-order valence-electron chi connectivity index (χ0n) is 8.86. The predicted molar refractivity (Wildman–Crippen MR) is 62.3 cm³/mol. The topological polar surface area (TPSA) is 49.7 Å². The largest absolute Gasteiger partial charge is 0.494 e. The van der Waals surface area contributed by atoms with Crippen molar-refractivity contribution in [1.29, 1.82) is 0 Å². The highest BCUT2D eigenvalue weighted by atomic mass is 79.9. The molecule has 0 fully saturated rings. The average molecular weight is 293 g/mol. The number of ether oxygens (including phenoxy) is 1. The van der Waals surface area contributed by atoms with Crippen LogP contribution in [0.1, 0.15) is 18.6 Å². The normalized spacial score (nSPS) is 14.6. The van der Waals surface area contributed by atoms with E-state index < -0.39 is 18.0 Å². The van der Waals surface area contributed by atoms with Gasteiger partial charge < -0.3 is 14.9 Å². The van der Waals surface area contributed by atoms with Crippen LogP contribution in [0, 0.1) is 5.82 Å². The zero-order chi connectivity index (χ0) is 12.1. The van der Waals surface area contributed by atoms with Crippen molar-refractivity contribution in [1.82, 2.24) is 0 Å². The van der Waals surface area contributed by atoms with Crippen LogP contribution in [0.4, 0.5) is 4.39 Å². The van der Waals surface area contributed by atoms with E-state index in [-0.39, 0.29) is 10.9 Å². The maximum Gasteiger partial charge on any atom is 0.132 e. The summed E-state index contributed by atoms with van der Waals surface area (Å²) in [6.45, 7) is 2.25. The molecular weight excluding hydrogens is 279 g/mol. The lowest BCUT2D eigenvalue weighted by Crippen LogP contribution is -2.20. The summed E-state index contributed by atoms with van der Waals surface area (Å²) >= 11 is 3.02. The SMILES string of the molecule is CCOc1ccc(C(O)C(O)CBr)c(F)c1. The van der Waals surface area contributed by atoms with E-state index in [4.69, 9.17) is 4.74 Å². The molecule has 2 atom stereocenters. The second-order valence-electron chi connectivity index (χ2n) is 3.28.